The zero-order valence-electron chi connectivity index (χ0n) is 19.3. The minimum atomic E-state index is -0.219. The summed E-state index contributed by atoms with van der Waals surface area (Å²) in [5.74, 6) is 1.78. The molecule has 3 atom stereocenters. The maximum Gasteiger partial charge on any atom is 0.235 e. The number of nitrogens with one attached hydrogen (secondary N) is 1. The summed E-state index contributed by atoms with van der Waals surface area (Å²) in [7, 11) is 0. The van der Waals surface area contributed by atoms with Gasteiger partial charge in [-0.25, -0.2) is 4.99 Å². The van der Waals surface area contributed by atoms with Gasteiger partial charge in [0.1, 0.15) is 10.2 Å². The first-order valence-corrected chi connectivity index (χ1v) is 12.8. The fourth-order valence-corrected chi connectivity index (χ4v) is 5.64. The van der Waals surface area contributed by atoms with Crippen LogP contribution < -0.4 is 5.32 Å². The van der Waals surface area contributed by atoms with Gasteiger partial charge in [-0.3, -0.25) is 9.79 Å². The number of carbonyl (C=O) groups is 1. The molecule has 1 fully saturated rings. The number of amidine groups is 1. The van der Waals surface area contributed by atoms with Crippen molar-refractivity contribution < 1.29 is 4.79 Å². The van der Waals surface area contributed by atoms with Gasteiger partial charge in [-0.05, 0) is 42.9 Å². The molecule has 0 radical (unpaired) electrons. The van der Waals surface area contributed by atoms with Crippen molar-refractivity contribution in [2.24, 2.45) is 21.8 Å². The number of nitrogens with zero attached hydrogens (tertiary/aromatic N) is 3. The second-order valence-electron chi connectivity index (χ2n) is 9.04. The molecule has 2 aromatic carbocycles. The van der Waals surface area contributed by atoms with Crippen LogP contribution in [-0.4, -0.2) is 45.5 Å². The number of benzene rings is 2. The van der Waals surface area contributed by atoms with Gasteiger partial charge in [-0.2, -0.15) is 0 Å². The van der Waals surface area contributed by atoms with Gasteiger partial charge in [0.2, 0.25) is 5.91 Å². The molecule has 7 heteroatoms. The number of likely N-dealkylation sites (tertiary alicyclic amines) is 1. The molecule has 0 spiro atoms. The van der Waals surface area contributed by atoms with Crippen molar-refractivity contribution in [3.63, 3.8) is 0 Å². The summed E-state index contributed by atoms with van der Waals surface area (Å²) in [6.07, 6.45) is 1.23. The van der Waals surface area contributed by atoms with Gasteiger partial charge in [0.15, 0.2) is 0 Å². The third-order valence-corrected chi connectivity index (χ3v) is 7.49. The fourth-order valence-electron chi connectivity index (χ4n) is 4.65. The first kappa shape index (κ1) is 23.6. The van der Waals surface area contributed by atoms with E-state index in [9.17, 15) is 4.79 Å². The molecule has 5 nitrogen and oxygen atoms in total. The summed E-state index contributed by atoms with van der Waals surface area (Å²) < 4.78 is 0.800. The van der Waals surface area contributed by atoms with Gasteiger partial charge in [0, 0.05) is 18.8 Å². The zero-order chi connectivity index (χ0) is 23.4. The highest BCUT2D eigenvalue weighted by molar-refractivity contribution is 8.23. The van der Waals surface area contributed by atoms with Crippen LogP contribution in [0, 0.1) is 11.8 Å². The monoisotopic (exact) mass is 478 g/mol. The number of hydrogen-bond acceptors (Lipinski definition) is 5. The minimum Gasteiger partial charge on any atom is -0.357 e. The molecule has 0 aliphatic carbocycles. The van der Waals surface area contributed by atoms with E-state index in [-0.39, 0.29) is 17.6 Å². The number of thiocarbonyl (C=S) groups is 1. The molecule has 0 unspecified atom stereocenters. The topological polar surface area (TPSA) is 57.1 Å². The van der Waals surface area contributed by atoms with Crippen LogP contribution in [0.15, 0.2) is 64.6 Å². The Hall–Kier alpha value is -2.51. The molecule has 2 aromatic rings. The first-order valence-electron chi connectivity index (χ1n) is 11.4. The van der Waals surface area contributed by atoms with Crippen LogP contribution in [0.4, 0.5) is 11.4 Å². The lowest BCUT2D eigenvalue weighted by Crippen LogP contribution is -2.42. The Labute approximate surface area is 205 Å². The van der Waals surface area contributed by atoms with E-state index < -0.39 is 0 Å². The van der Waals surface area contributed by atoms with Crippen molar-refractivity contribution >= 4 is 57.1 Å². The molecular weight excluding hydrogens is 448 g/mol. The molecule has 2 aliphatic rings. The Morgan fingerprint density at radius 1 is 1.03 bits per heavy atom. The van der Waals surface area contributed by atoms with Gasteiger partial charge in [0.05, 0.1) is 23.0 Å². The van der Waals surface area contributed by atoms with Crippen LogP contribution >= 0.6 is 24.0 Å². The molecule has 0 aromatic heterocycles. The van der Waals surface area contributed by atoms with Crippen molar-refractivity contribution in [3.05, 3.63) is 60.2 Å². The molecular formula is C26H30N4OS2. The predicted octanol–water partition coefficient (Wildman–Crippen LogP) is 5.72. The van der Waals surface area contributed by atoms with Crippen LogP contribution in [0.25, 0.3) is 0 Å². The number of fused-ring (bicyclic) bond motifs is 1. The number of carbonyl (C=O) groups excluding carboxylic acids is 1. The lowest BCUT2D eigenvalue weighted by atomic mass is 9.92. The molecule has 1 amide bonds. The average molecular weight is 479 g/mol. The maximum absolute atomic E-state index is 13.0. The summed E-state index contributed by atoms with van der Waals surface area (Å²) in [5.41, 5.74) is 3.50. The van der Waals surface area contributed by atoms with E-state index in [0.29, 0.717) is 17.7 Å². The first-order chi connectivity index (χ1) is 15.9. The largest absolute Gasteiger partial charge is 0.357 e. The second-order valence-corrected chi connectivity index (χ2v) is 10.6. The molecule has 1 saturated heterocycles. The van der Waals surface area contributed by atoms with Crippen LogP contribution in [0.2, 0.25) is 0 Å². The van der Waals surface area contributed by atoms with Crippen molar-refractivity contribution in [2.75, 3.05) is 18.8 Å². The lowest BCUT2D eigenvalue weighted by molar-refractivity contribution is -0.117. The highest BCUT2D eigenvalue weighted by Crippen LogP contribution is 2.34. The second kappa shape index (κ2) is 10.6. The average Bonchev–Trinajstić information content (AvgIpc) is 2.92. The molecule has 0 saturated carbocycles. The van der Waals surface area contributed by atoms with Gasteiger partial charge < -0.3 is 10.2 Å². The van der Waals surface area contributed by atoms with Gasteiger partial charge >= 0.3 is 0 Å². The van der Waals surface area contributed by atoms with Gasteiger partial charge in [-0.1, -0.05) is 80.3 Å². The zero-order valence-corrected chi connectivity index (χ0v) is 21.0. The van der Waals surface area contributed by atoms with E-state index in [1.165, 1.54) is 18.2 Å². The summed E-state index contributed by atoms with van der Waals surface area (Å²) >= 11 is 7.09. The van der Waals surface area contributed by atoms with Crippen molar-refractivity contribution in [1.82, 2.24) is 10.2 Å². The number of hydrogen-bond donors (Lipinski definition) is 1. The van der Waals surface area contributed by atoms with E-state index >= 15 is 0 Å². The third-order valence-electron chi connectivity index (χ3n) is 5.96. The molecule has 2 aliphatic heterocycles. The Balaban J connectivity index is 1.50. The van der Waals surface area contributed by atoms with E-state index in [4.69, 9.17) is 22.2 Å². The summed E-state index contributed by atoms with van der Waals surface area (Å²) in [6.45, 7) is 8.45. The quantitative estimate of drug-likeness (QED) is 0.574. The van der Waals surface area contributed by atoms with Crippen LogP contribution in [0.1, 0.15) is 38.7 Å². The number of rotatable bonds is 3. The Morgan fingerprint density at radius 2 is 1.64 bits per heavy atom. The van der Waals surface area contributed by atoms with Crippen molar-refractivity contribution in [3.8, 4) is 0 Å². The van der Waals surface area contributed by atoms with Crippen LogP contribution in [0.5, 0.6) is 0 Å². The summed E-state index contributed by atoms with van der Waals surface area (Å²) in [5, 5.41) is 3.09. The smallest absolute Gasteiger partial charge is 0.235 e. The molecule has 0 bridgehead atoms. The maximum atomic E-state index is 13.0. The van der Waals surface area contributed by atoms with Crippen LogP contribution in [0.3, 0.4) is 0 Å². The summed E-state index contributed by atoms with van der Waals surface area (Å²) in [6, 6.07) is 17.8. The number of thioether (sulfide) groups is 1. The molecule has 2 heterocycles. The number of piperidine rings is 1. The number of amides is 1. The predicted molar refractivity (Wildman–Crippen MR) is 143 cm³/mol. The fraction of sp³-hybridized carbons (Fsp3) is 0.385. The normalized spacial score (nSPS) is 22.5. The standard InChI is InChI=1S/C26H30N4OS2/c1-17-13-18(2)15-30(14-17)26(32)33-16-23(31)29-25-24(20-9-5-4-6-10-20)19(3)27-21-11-7-8-12-22(21)28-25/h4-12,17-18,24H,13-16H2,1-3H3,(H,28,29,31)/t17-,18+,24-/m1/s1. The number of aliphatic imine (C=N–C) groups is 2. The summed E-state index contributed by atoms with van der Waals surface area (Å²) in [4.78, 5) is 24.9. The molecule has 33 heavy (non-hydrogen) atoms. The minimum absolute atomic E-state index is 0.104. The third kappa shape index (κ3) is 5.89. The van der Waals surface area contributed by atoms with E-state index in [1.807, 2.05) is 61.5 Å². The highest BCUT2D eigenvalue weighted by atomic mass is 32.2. The van der Waals surface area contributed by atoms with Gasteiger partial charge in [-0.15, -0.1) is 0 Å². The Morgan fingerprint density at radius 3 is 2.30 bits per heavy atom. The molecule has 172 valence electrons. The lowest BCUT2D eigenvalue weighted by Gasteiger charge is -2.36. The highest BCUT2D eigenvalue weighted by Gasteiger charge is 2.27. The Kier molecular flexibility index (Phi) is 7.60. The van der Waals surface area contributed by atoms with Crippen molar-refractivity contribution in [2.45, 2.75) is 33.1 Å². The van der Waals surface area contributed by atoms with E-state index in [0.717, 1.165) is 40.1 Å². The molecule has 1 N–H and O–H groups in total. The van der Waals surface area contributed by atoms with E-state index in [2.05, 4.69) is 24.1 Å². The van der Waals surface area contributed by atoms with Gasteiger partial charge in [0.25, 0.3) is 0 Å². The SMILES string of the molecule is CC1=Nc2ccccc2N=C(NC(=O)CSC(=S)N2C[C@H](C)C[C@H](C)C2)[C@H]1c1ccccc1. The van der Waals surface area contributed by atoms with Crippen molar-refractivity contribution in [1.29, 1.82) is 0 Å². The van der Waals surface area contributed by atoms with Crippen LogP contribution in [-0.2, 0) is 4.79 Å². The van der Waals surface area contributed by atoms with E-state index in [1.54, 1.807) is 0 Å². The Bertz CT molecular complexity index is 1070. The molecule has 4 rings (SSSR count). The number of para-hydroxylation sites is 2.